The van der Waals surface area contributed by atoms with Crippen LogP contribution in [0, 0.1) is 5.92 Å². The molecule has 0 aliphatic carbocycles. The molecule has 7 nitrogen and oxygen atoms in total. The van der Waals surface area contributed by atoms with E-state index in [2.05, 4.69) is 31.6 Å². The van der Waals surface area contributed by atoms with Gasteiger partial charge in [-0.1, -0.05) is 6.07 Å². The van der Waals surface area contributed by atoms with Crippen LogP contribution in [-0.4, -0.2) is 51.0 Å². The number of ether oxygens (including phenoxy) is 2. The predicted molar refractivity (Wildman–Crippen MR) is 92.1 cm³/mol. The first-order chi connectivity index (χ1) is 12.3. The molecule has 0 radical (unpaired) electrons. The molecule has 2 aromatic heterocycles. The fourth-order valence-electron chi connectivity index (χ4n) is 3.67. The molecule has 1 fully saturated rings. The maximum Gasteiger partial charge on any atom is 0.213 e. The average Bonchev–Trinajstić information content (AvgIpc) is 3.08. The Morgan fingerprint density at radius 3 is 2.88 bits per heavy atom. The molecule has 1 saturated heterocycles. The Labute approximate surface area is 148 Å². The second kappa shape index (κ2) is 7.49. The summed E-state index contributed by atoms with van der Waals surface area (Å²) in [7, 11) is 0. The molecule has 7 heteroatoms. The second-order valence-corrected chi connectivity index (χ2v) is 6.81. The van der Waals surface area contributed by atoms with E-state index in [-0.39, 0.29) is 6.04 Å². The normalized spacial score (nSPS) is 21.9. The first-order valence-corrected chi connectivity index (χ1v) is 9.09. The van der Waals surface area contributed by atoms with Gasteiger partial charge in [0.2, 0.25) is 5.88 Å². The number of pyridine rings is 1. The first kappa shape index (κ1) is 16.5. The summed E-state index contributed by atoms with van der Waals surface area (Å²) in [5.41, 5.74) is 0. The molecule has 0 spiro atoms. The highest BCUT2D eigenvalue weighted by Crippen LogP contribution is 2.27. The number of aromatic nitrogens is 4. The highest BCUT2D eigenvalue weighted by atomic mass is 16.5. The van der Waals surface area contributed by atoms with Crippen molar-refractivity contribution in [2.45, 2.75) is 39.0 Å². The molecule has 4 rings (SSSR count). The van der Waals surface area contributed by atoms with E-state index in [9.17, 15) is 0 Å². The van der Waals surface area contributed by atoms with Crippen LogP contribution in [0.1, 0.15) is 37.5 Å². The molecule has 2 aliphatic heterocycles. The summed E-state index contributed by atoms with van der Waals surface area (Å²) in [4.78, 5) is 6.72. The molecular weight excluding hydrogens is 318 g/mol. The minimum absolute atomic E-state index is 0.285. The topological polar surface area (TPSA) is 65.3 Å². The molecule has 134 valence electrons. The van der Waals surface area contributed by atoms with E-state index in [1.54, 1.807) is 6.20 Å². The summed E-state index contributed by atoms with van der Waals surface area (Å²) >= 11 is 0. The van der Waals surface area contributed by atoms with Gasteiger partial charge in [-0.2, -0.15) is 0 Å². The van der Waals surface area contributed by atoms with Crippen molar-refractivity contribution in [3.63, 3.8) is 0 Å². The second-order valence-electron chi connectivity index (χ2n) is 6.81. The van der Waals surface area contributed by atoms with Crippen LogP contribution in [0.2, 0.25) is 0 Å². The highest BCUT2D eigenvalue weighted by molar-refractivity contribution is 5.10. The van der Waals surface area contributed by atoms with Crippen molar-refractivity contribution in [1.29, 1.82) is 0 Å². The van der Waals surface area contributed by atoms with Crippen LogP contribution in [0.4, 0.5) is 0 Å². The van der Waals surface area contributed by atoms with Crippen LogP contribution < -0.4 is 4.74 Å². The zero-order valence-electron chi connectivity index (χ0n) is 14.7. The Bertz CT molecular complexity index is 684. The minimum Gasteiger partial charge on any atom is -0.469 e. The number of hydrogen-bond donors (Lipinski definition) is 0. The quantitative estimate of drug-likeness (QED) is 0.828. The molecule has 2 aromatic rings. The van der Waals surface area contributed by atoms with E-state index < -0.39 is 0 Å². The Morgan fingerprint density at radius 2 is 2.08 bits per heavy atom. The molecule has 0 unspecified atom stereocenters. The standard InChI is InChI=1S/C18H25N5O2/c1-14-18-21-20-16(13-25-17-4-2-3-7-19-17)23(18)9-8-22(14)12-15-5-10-24-11-6-15/h2-4,7,14-15H,5-6,8-13H2,1H3/t14-/m0/s1. The van der Waals surface area contributed by atoms with Gasteiger partial charge in [-0.25, -0.2) is 4.98 Å². The van der Waals surface area contributed by atoms with Gasteiger partial charge in [-0.15, -0.1) is 10.2 Å². The molecular formula is C18H25N5O2. The summed E-state index contributed by atoms with van der Waals surface area (Å²) in [5, 5.41) is 8.80. The van der Waals surface area contributed by atoms with Gasteiger partial charge < -0.3 is 14.0 Å². The Kier molecular flexibility index (Phi) is 4.94. The lowest BCUT2D eigenvalue weighted by molar-refractivity contribution is 0.0408. The predicted octanol–water partition coefficient (Wildman–Crippen LogP) is 2.06. The van der Waals surface area contributed by atoms with E-state index in [1.165, 1.54) is 12.8 Å². The number of hydrogen-bond acceptors (Lipinski definition) is 6. The fraction of sp³-hybridized carbons (Fsp3) is 0.611. The maximum atomic E-state index is 5.74. The van der Waals surface area contributed by atoms with E-state index in [1.807, 2.05) is 18.2 Å². The SMILES string of the molecule is C[C@H]1c2nnc(COc3ccccn3)n2CCN1CC1CCOCC1. The van der Waals surface area contributed by atoms with Crippen LogP contribution in [0.5, 0.6) is 5.88 Å². The third kappa shape index (κ3) is 3.67. The summed E-state index contributed by atoms with van der Waals surface area (Å²) in [5.74, 6) is 3.26. The van der Waals surface area contributed by atoms with Crippen LogP contribution in [-0.2, 0) is 17.9 Å². The van der Waals surface area contributed by atoms with E-state index in [0.717, 1.165) is 50.4 Å². The van der Waals surface area contributed by atoms with Gasteiger partial charge in [0, 0.05) is 45.1 Å². The number of rotatable bonds is 5. The van der Waals surface area contributed by atoms with E-state index in [0.29, 0.717) is 12.5 Å². The molecule has 1 atom stereocenters. The van der Waals surface area contributed by atoms with Crippen LogP contribution in [0.3, 0.4) is 0 Å². The van der Waals surface area contributed by atoms with Crippen molar-refractivity contribution < 1.29 is 9.47 Å². The van der Waals surface area contributed by atoms with Crippen molar-refractivity contribution in [3.05, 3.63) is 36.0 Å². The summed E-state index contributed by atoms with van der Waals surface area (Å²) < 4.78 is 13.4. The summed E-state index contributed by atoms with van der Waals surface area (Å²) in [6, 6.07) is 5.93. The molecule has 0 bridgehead atoms. The van der Waals surface area contributed by atoms with Gasteiger partial charge in [0.15, 0.2) is 5.82 Å². The van der Waals surface area contributed by atoms with Crippen molar-refractivity contribution in [2.24, 2.45) is 5.92 Å². The lowest BCUT2D eigenvalue weighted by atomic mass is 9.98. The van der Waals surface area contributed by atoms with Gasteiger partial charge in [0.1, 0.15) is 12.4 Å². The molecule has 2 aliphatic rings. The van der Waals surface area contributed by atoms with Crippen LogP contribution in [0.25, 0.3) is 0 Å². The van der Waals surface area contributed by atoms with Gasteiger partial charge >= 0.3 is 0 Å². The lowest BCUT2D eigenvalue weighted by Gasteiger charge is -2.37. The zero-order valence-corrected chi connectivity index (χ0v) is 14.7. The Morgan fingerprint density at radius 1 is 1.20 bits per heavy atom. The third-order valence-electron chi connectivity index (χ3n) is 5.21. The van der Waals surface area contributed by atoms with Gasteiger partial charge in [-0.3, -0.25) is 4.90 Å². The van der Waals surface area contributed by atoms with Crippen molar-refractivity contribution in [2.75, 3.05) is 26.3 Å². The highest BCUT2D eigenvalue weighted by Gasteiger charge is 2.30. The van der Waals surface area contributed by atoms with Crippen LogP contribution >= 0.6 is 0 Å². The molecule has 4 heterocycles. The fourth-order valence-corrected chi connectivity index (χ4v) is 3.67. The van der Waals surface area contributed by atoms with E-state index in [4.69, 9.17) is 9.47 Å². The molecule has 0 N–H and O–H groups in total. The monoisotopic (exact) mass is 343 g/mol. The summed E-state index contributed by atoms with van der Waals surface area (Å²) in [6.45, 7) is 7.49. The third-order valence-corrected chi connectivity index (χ3v) is 5.21. The van der Waals surface area contributed by atoms with Gasteiger partial charge in [0.25, 0.3) is 0 Å². The largest absolute Gasteiger partial charge is 0.469 e. The zero-order chi connectivity index (χ0) is 17.1. The van der Waals surface area contributed by atoms with Crippen LogP contribution in [0.15, 0.2) is 24.4 Å². The van der Waals surface area contributed by atoms with Gasteiger partial charge in [-0.05, 0) is 31.7 Å². The Hall–Kier alpha value is -1.99. The average molecular weight is 343 g/mol. The molecule has 25 heavy (non-hydrogen) atoms. The number of nitrogens with zero attached hydrogens (tertiary/aromatic N) is 5. The van der Waals surface area contributed by atoms with Crippen molar-refractivity contribution in [3.8, 4) is 5.88 Å². The number of fused-ring (bicyclic) bond motifs is 1. The maximum absolute atomic E-state index is 5.74. The first-order valence-electron chi connectivity index (χ1n) is 9.09. The van der Waals surface area contributed by atoms with Crippen molar-refractivity contribution in [1.82, 2.24) is 24.6 Å². The molecule has 0 saturated carbocycles. The van der Waals surface area contributed by atoms with Crippen molar-refractivity contribution >= 4 is 0 Å². The molecule has 0 amide bonds. The minimum atomic E-state index is 0.285. The smallest absolute Gasteiger partial charge is 0.213 e. The van der Waals surface area contributed by atoms with Gasteiger partial charge in [0.05, 0.1) is 6.04 Å². The Balaban J connectivity index is 1.40. The van der Waals surface area contributed by atoms with E-state index >= 15 is 0 Å². The lowest BCUT2D eigenvalue weighted by Crippen LogP contribution is -2.41. The summed E-state index contributed by atoms with van der Waals surface area (Å²) in [6.07, 6.45) is 4.06. The molecule has 0 aromatic carbocycles.